The van der Waals surface area contributed by atoms with Crippen LogP contribution in [0.3, 0.4) is 0 Å². The van der Waals surface area contributed by atoms with Crippen molar-refractivity contribution < 1.29 is 19.1 Å². The predicted octanol–water partition coefficient (Wildman–Crippen LogP) is 3.15. The van der Waals surface area contributed by atoms with Crippen molar-refractivity contribution in [1.82, 2.24) is 4.90 Å². The SMILES string of the molecule is NC1CC1(C(=O)COCc1ccccc1)[C@H]1CCN(C(=O)OCc2ccccc2)C1. The second-order valence-electron chi connectivity index (χ2n) is 8.22. The molecule has 2 aromatic rings. The van der Waals surface area contributed by atoms with Crippen LogP contribution >= 0.6 is 0 Å². The van der Waals surface area contributed by atoms with Gasteiger partial charge in [0.15, 0.2) is 5.78 Å². The number of amides is 1. The van der Waals surface area contributed by atoms with Crippen LogP contribution < -0.4 is 5.73 Å². The minimum Gasteiger partial charge on any atom is -0.445 e. The van der Waals surface area contributed by atoms with Gasteiger partial charge in [-0.1, -0.05) is 60.7 Å². The molecule has 6 heteroatoms. The van der Waals surface area contributed by atoms with E-state index in [1.54, 1.807) is 4.90 Å². The molecule has 3 atom stereocenters. The van der Waals surface area contributed by atoms with Crippen LogP contribution in [0.2, 0.25) is 0 Å². The molecule has 1 saturated carbocycles. The lowest BCUT2D eigenvalue weighted by Crippen LogP contribution is -2.37. The fraction of sp³-hybridized carbons (Fsp3) is 0.417. The number of Topliss-reactive ketones (excluding diaryl/α,β-unsaturated/α-hetero) is 1. The summed E-state index contributed by atoms with van der Waals surface area (Å²) in [6.45, 7) is 1.80. The Morgan fingerprint density at radius 1 is 1.00 bits per heavy atom. The van der Waals surface area contributed by atoms with Gasteiger partial charge < -0.3 is 20.1 Å². The van der Waals surface area contributed by atoms with Crippen molar-refractivity contribution in [2.45, 2.75) is 32.1 Å². The number of ketones is 1. The Kier molecular flexibility index (Phi) is 6.16. The lowest BCUT2D eigenvalue weighted by molar-refractivity contribution is -0.131. The van der Waals surface area contributed by atoms with Crippen LogP contribution in [-0.2, 0) is 27.5 Å². The Morgan fingerprint density at radius 3 is 2.20 bits per heavy atom. The van der Waals surface area contributed by atoms with Gasteiger partial charge in [-0.2, -0.15) is 0 Å². The highest BCUT2D eigenvalue weighted by Crippen LogP contribution is 2.54. The molecular weight excluding hydrogens is 380 g/mol. The van der Waals surface area contributed by atoms with Gasteiger partial charge in [-0.25, -0.2) is 4.79 Å². The van der Waals surface area contributed by atoms with Crippen molar-refractivity contribution >= 4 is 11.9 Å². The van der Waals surface area contributed by atoms with Crippen molar-refractivity contribution in [1.29, 1.82) is 0 Å². The lowest BCUT2D eigenvalue weighted by atomic mass is 9.84. The van der Waals surface area contributed by atoms with E-state index in [9.17, 15) is 9.59 Å². The summed E-state index contributed by atoms with van der Waals surface area (Å²) in [5.41, 5.74) is 7.63. The van der Waals surface area contributed by atoms with Gasteiger partial charge in [0, 0.05) is 19.1 Å². The third kappa shape index (κ3) is 4.40. The van der Waals surface area contributed by atoms with Crippen molar-refractivity contribution in [2.75, 3.05) is 19.7 Å². The Labute approximate surface area is 177 Å². The zero-order valence-corrected chi connectivity index (χ0v) is 17.0. The Balaban J connectivity index is 1.28. The molecular formula is C24H28N2O4. The third-order valence-corrected chi connectivity index (χ3v) is 6.30. The first-order valence-electron chi connectivity index (χ1n) is 10.5. The molecule has 2 N–H and O–H groups in total. The molecule has 4 rings (SSSR count). The fourth-order valence-electron chi connectivity index (χ4n) is 4.45. The number of hydrogen-bond donors (Lipinski definition) is 1. The van der Waals surface area contributed by atoms with Gasteiger partial charge in [0.25, 0.3) is 0 Å². The van der Waals surface area contributed by atoms with Crippen LogP contribution in [0.15, 0.2) is 60.7 Å². The van der Waals surface area contributed by atoms with Gasteiger partial charge in [-0.15, -0.1) is 0 Å². The second-order valence-corrected chi connectivity index (χ2v) is 8.22. The number of benzene rings is 2. The van der Waals surface area contributed by atoms with Crippen molar-refractivity contribution in [3.05, 3.63) is 71.8 Å². The standard InChI is InChI=1S/C24H28N2O4/c25-21-13-24(21,22(27)17-29-15-18-7-3-1-4-8-18)20-11-12-26(14-20)23(28)30-16-19-9-5-2-6-10-19/h1-10,20-21H,11-17,25H2/t20-,21?,24?/m0/s1. The Morgan fingerprint density at radius 2 is 1.60 bits per heavy atom. The molecule has 6 nitrogen and oxygen atoms in total. The summed E-state index contributed by atoms with van der Waals surface area (Å²) in [5.74, 6) is 0.111. The van der Waals surface area contributed by atoms with E-state index in [1.807, 2.05) is 60.7 Å². The van der Waals surface area contributed by atoms with Gasteiger partial charge in [-0.3, -0.25) is 4.79 Å². The Bertz CT molecular complexity index is 873. The van der Waals surface area contributed by atoms with Crippen LogP contribution in [0.1, 0.15) is 24.0 Å². The highest BCUT2D eigenvalue weighted by Gasteiger charge is 2.63. The number of nitrogens with two attached hydrogens (primary N) is 1. The maximum Gasteiger partial charge on any atom is 0.410 e. The summed E-state index contributed by atoms with van der Waals surface area (Å²) in [4.78, 5) is 27.1. The summed E-state index contributed by atoms with van der Waals surface area (Å²) < 4.78 is 11.1. The van der Waals surface area contributed by atoms with Gasteiger partial charge in [0.1, 0.15) is 13.2 Å². The summed E-state index contributed by atoms with van der Waals surface area (Å²) in [5, 5.41) is 0. The number of nitrogens with zero attached hydrogens (tertiary/aromatic N) is 1. The zero-order valence-electron chi connectivity index (χ0n) is 17.0. The third-order valence-electron chi connectivity index (χ3n) is 6.30. The molecule has 1 amide bonds. The van der Waals surface area contributed by atoms with E-state index in [4.69, 9.17) is 15.2 Å². The molecule has 0 spiro atoms. The summed E-state index contributed by atoms with van der Waals surface area (Å²) in [6, 6.07) is 19.2. The molecule has 2 fully saturated rings. The molecule has 2 aromatic carbocycles. The van der Waals surface area contributed by atoms with Crippen LogP contribution in [0.5, 0.6) is 0 Å². The molecule has 0 bridgehead atoms. The molecule has 0 aromatic heterocycles. The van der Waals surface area contributed by atoms with Crippen LogP contribution in [-0.4, -0.2) is 42.5 Å². The predicted molar refractivity (Wildman–Crippen MR) is 112 cm³/mol. The van der Waals surface area contributed by atoms with E-state index in [0.717, 1.165) is 17.5 Å². The lowest BCUT2D eigenvalue weighted by Gasteiger charge is -2.23. The molecule has 158 valence electrons. The topological polar surface area (TPSA) is 81.9 Å². The molecule has 2 unspecified atom stereocenters. The highest BCUT2D eigenvalue weighted by atomic mass is 16.6. The normalized spacial score (nSPS) is 25.2. The van der Waals surface area contributed by atoms with E-state index < -0.39 is 5.41 Å². The number of carbonyl (C=O) groups is 2. The average Bonchev–Trinajstić information content (AvgIpc) is 3.22. The molecule has 1 saturated heterocycles. The van der Waals surface area contributed by atoms with E-state index in [0.29, 0.717) is 26.1 Å². The summed E-state index contributed by atoms with van der Waals surface area (Å²) >= 11 is 0. The highest BCUT2D eigenvalue weighted by molar-refractivity contribution is 5.90. The second kappa shape index (κ2) is 8.98. The van der Waals surface area contributed by atoms with Crippen LogP contribution in [0.25, 0.3) is 0 Å². The quantitative estimate of drug-likeness (QED) is 0.726. The minimum absolute atomic E-state index is 0.0513. The van der Waals surface area contributed by atoms with E-state index >= 15 is 0 Å². The molecule has 1 aliphatic carbocycles. The van der Waals surface area contributed by atoms with Gasteiger partial charge >= 0.3 is 6.09 Å². The molecule has 1 heterocycles. The van der Waals surface area contributed by atoms with Gasteiger partial charge in [0.05, 0.1) is 12.0 Å². The first-order valence-corrected chi connectivity index (χ1v) is 10.5. The Hall–Kier alpha value is -2.70. The summed E-state index contributed by atoms with van der Waals surface area (Å²) in [6.07, 6.45) is 1.09. The monoisotopic (exact) mass is 408 g/mol. The largest absolute Gasteiger partial charge is 0.445 e. The average molecular weight is 408 g/mol. The molecule has 1 aliphatic heterocycles. The number of likely N-dealkylation sites (tertiary alicyclic amines) is 1. The molecule has 0 radical (unpaired) electrons. The molecule has 2 aliphatic rings. The van der Waals surface area contributed by atoms with Gasteiger partial charge in [0.2, 0.25) is 0 Å². The minimum atomic E-state index is -0.564. The maximum atomic E-state index is 13.0. The number of hydrogen-bond acceptors (Lipinski definition) is 5. The number of ether oxygens (including phenoxy) is 2. The fourth-order valence-corrected chi connectivity index (χ4v) is 4.45. The van der Waals surface area contributed by atoms with Crippen LogP contribution in [0, 0.1) is 11.3 Å². The van der Waals surface area contributed by atoms with E-state index in [-0.39, 0.29) is 37.0 Å². The van der Waals surface area contributed by atoms with Crippen molar-refractivity contribution in [3.63, 3.8) is 0 Å². The molecule has 30 heavy (non-hydrogen) atoms. The number of rotatable bonds is 8. The van der Waals surface area contributed by atoms with Gasteiger partial charge in [-0.05, 0) is 29.9 Å². The smallest absolute Gasteiger partial charge is 0.410 e. The number of carbonyl (C=O) groups excluding carboxylic acids is 2. The van der Waals surface area contributed by atoms with E-state index in [2.05, 4.69) is 0 Å². The zero-order chi connectivity index (χ0) is 21.0. The summed E-state index contributed by atoms with van der Waals surface area (Å²) in [7, 11) is 0. The first kappa shape index (κ1) is 20.6. The maximum absolute atomic E-state index is 13.0. The first-order chi connectivity index (χ1) is 14.6. The van der Waals surface area contributed by atoms with Crippen molar-refractivity contribution in [2.24, 2.45) is 17.1 Å². The van der Waals surface area contributed by atoms with Crippen LogP contribution in [0.4, 0.5) is 4.79 Å². The van der Waals surface area contributed by atoms with E-state index in [1.165, 1.54) is 0 Å². The van der Waals surface area contributed by atoms with Crippen molar-refractivity contribution in [3.8, 4) is 0 Å².